The maximum Gasteiger partial charge on any atom is 0.257 e. The third-order valence-corrected chi connectivity index (χ3v) is 3.61. The predicted molar refractivity (Wildman–Crippen MR) is 78.6 cm³/mol. The van der Waals surface area contributed by atoms with Crippen LogP contribution >= 0.6 is 0 Å². The normalized spacial score (nSPS) is 15.0. The lowest BCUT2D eigenvalue weighted by Gasteiger charge is -2.27. The topological polar surface area (TPSA) is 29.5 Å². The molecule has 108 valence electrons. The first kappa shape index (κ1) is 13.8. The van der Waals surface area contributed by atoms with Crippen LogP contribution in [0.4, 0.5) is 4.39 Å². The van der Waals surface area contributed by atoms with E-state index in [9.17, 15) is 9.18 Å². The van der Waals surface area contributed by atoms with Crippen LogP contribution in [-0.4, -0.2) is 37.1 Å². The van der Waals surface area contributed by atoms with Gasteiger partial charge in [0.05, 0.1) is 18.8 Å². The molecule has 0 aromatic heterocycles. The van der Waals surface area contributed by atoms with Crippen molar-refractivity contribution in [3.8, 4) is 11.1 Å². The molecule has 1 heterocycles. The molecule has 0 saturated carbocycles. The first-order valence-electron chi connectivity index (χ1n) is 6.98. The van der Waals surface area contributed by atoms with E-state index in [2.05, 4.69) is 0 Å². The lowest BCUT2D eigenvalue weighted by Crippen LogP contribution is -2.41. The third kappa shape index (κ3) is 2.81. The second kappa shape index (κ2) is 6.06. The average Bonchev–Trinajstić information content (AvgIpc) is 2.55. The smallest absolute Gasteiger partial charge is 0.257 e. The van der Waals surface area contributed by atoms with Gasteiger partial charge in [-0.15, -0.1) is 0 Å². The van der Waals surface area contributed by atoms with E-state index in [4.69, 9.17) is 4.74 Å². The number of hydrogen-bond acceptors (Lipinski definition) is 2. The minimum atomic E-state index is -0.479. The Morgan fingerprint density at radius 3 is 2.43 bits per heavy atom. The van der Waals surface area contributed by atoms with Crippen LogP contribution in [0, 0.1) is 5.82 Å². The first-order valence-corrected chi connectivity index (χ1v) is 6.98. The summed E-state index contributed by atoms with van der Waals surface area (Å²) < 4.78 is 19.5. The zero-order valence-electron chi connectivity index (χ0n) is 11.6. The Balaban J connectivity index is 2.03. The molecule has 0 spiro atoms. The Kier molecular flexibility index (Phi) is 3.97. The van der Waals surface area contributed by atoms with Crippen LogP contribution in [0.5, 0.6) is 0 Å². The molecule has 3 nitrogen and oxygen atoms in total. The van der Waals surface area contributed by atoms with Gasteiger partial charge in [0.1, 0.15) is 5.82 Å². The van der Waals surface area contributed by atoms with Crippen LogP contribution in [0.15, 0.2) is 48.5 Å². The van der Waals surface area contributed by atoms with Crippen molar-refractivity contribution in [1.29, 1.82) is 0 Å². The van der Waals surface area contributed by atoms with Crippen LogP contribution in [0.3, 0.4) is 0 Å². The summed E-state index contributed by atoms with van der Waals surface area (Å²) in [5.74, 6) is -0.747. The van der Waals surface area contributed by atoms with Crippen LogP contribution < -0.4 is 0 Å². The fraction of sp³-hybridized carbons (Fsp3) is 0.235. The average molecular weight is 285 g/mol. The molecule has 0 bridgehead atoms. The van der Waals surface area contributed by atoms with E-state index in [1.807, 2.05) is 30.3 Å². The highest BCUT2D eigenvalue weighted by Gasteiger charge is 2.24. The molecule has 1 fully saturated rings. The van der Waals surface area contributed by atoms with Crippen molar-refractivity contribution in [3.05, 3.63) is 59.9 Å². The zero-order valence-corrected chi connectivity index (χ0v) is 11.6. The summed E-state index contributed by atoms with van der Waals surface area (Å²) in [5, 5.41) is 0. The largest absolute Gasteiger partial charge is 0.378 e. The van der Waals surface area contributed by atoms with Gasteiger partial charge in [-0.05, 0) is 17.2 Å². The number of ether oxygens (including phenoxy) is 1. The molecule has 0 unspecified atom stereocenters. The fourth-order valence-corrected chi connectivity index (χ4v) is 2.52. The Morgan fingerprint density at radius 2 is 1.71 bits per heavy atom. The molecule has 1 aliphatic heterocycles. The quantitative estimate of drug-likeness (QED) is 0.849. The summed E-state index contributed by atoms with van der Waals surface area (Å²) >= 11 is 0. The number of nitrogens with zero attached hydrogens (tertiary/aromatic N) is 1. The highest BCUT2D eigenvalue weighted by molar-refractivity contribution is 6.01. The Labute approximate surface area is 123 Å². The van der Waals surface area contributed by atoms with E-state index < -0.39 is 5.82 Å². The lowest BCUT2D eigenvalue weighted by atomic mass is 9.98. The highest BCUT2D eigenvalue weighted by Crippen LogP contribution is 2.27. The maximum absolute atomic E-state index is 14.3. The van der Waals surface area contributed by atoms with Gasteiger partial charge in [0.25, 0.3) is 5.91 Å². The second-order valence-electron chi connectivity index (χ2n) is 4.93. The first-order chi connectivity index (χ1) is 10.3. The Hall–Kier alpha value is -2.20. The molecule has 21 heavy (non-hydrogen) atoms. The van der Waals surface area contributed by atoms with Crippen LogP contribution in [0.25, 0.3) is 11.1 Å². The number of halogens is 1. The molecule has 0 N–H and O–H groups in total. The van der Waals surface area contributed by atoms with E-state index in [-0.39, 0.29) is 11.5 Å². The molecule has 1 aliphatic rings. The minimum Gasteiger partial charge on any atom is -0.378 e. The molecule has 1 saturated heterocycles. The summed E-state index contributed by atoms with van der Waals surface area (Å²) in [5.41, 5.74) is 1.62. The van der Waals surface area contributed by atoms with Crippen molar-refractivity contribution >= 4 is 5.91 Å². The zero-order chi connectivity index (χ0) is 14.7. The number of rotatable bonds is 2. The van der Waals surface area contributed by atoms with Gasteiger partial charge < -0.3 is 9.64 Å². The van der Waals surface area contributed by atoms with Crippen molar-refractivity contribution in [3.63, 3.8) is 0 Å². The van der Waals surface area contributed by atoms with E-state index >= 15 is 0 Å². The Bertz CT molecular complexity index is 636. The molecule has 2 aromatic rings. The number of hydrogen-bond donors (Lipinski definition) is 0. The van der Waals surface area contributed by atoms with Gasteiger partial charge in [0.15, 0.2) is 0 Å². The summed E-state index contributed by atoms with van der Waals surface area (Å²) in [7, 11) is 0. The van der Waals surface area contributed by atoms with Crippen molar-refractivity contribution in [2.75, 3.05) is 26.3 Å². The molecule has 0 atom stereocenters. The van der Waals surface area contributed by atoms with Gasteiger partial charge in [0, 0.05) is 13.1 Å². The molecule has 0 aliphatic carbocycles. The van der Waals surface area contributed by atoms with Crippen molar-refractivity contribution < 1.29 is 13.9 Å². The molecule has 0 radical (unpaired) electrons. The third-order valence-electron chi connectivity index (χ3n) is 3.61. The number of morpholine rings is 1. The summed E-state index contributed by atoms with van der Waals surface area (Å²) in [6.45, 7) is 2.00. The molecule has 1 amide bonds. The van der Waals surface area contributed by atoms with Gasteiger partial charge in [0.2, 0.25) is 0 Å². The molecule has 4 heteroatoms. The summed E-state index contributed by atoms with van der Waals surface area (Å²) in [6, 6.07) is 14.2. The van der Waals surface area contributed by atoms with Crippen molar-refractivity contribution in [1.82, 2.24) is 4.90 Å². The number of benzene rings is 2. The monoisotopic (exact) mass is 285 g/mol. The highest BCUT2D eigenvalue weighted by atomic mass is 19.1. The SMILES string of the molecule is O=C(c1c(F)cccc1-c1ccccc1)N1CCOCC1. The molecular weight excluding hydrogens is 269 g/mol. The molecule has 3 rings (SSSR count). The molecule has 2 aromatic carbocycles. The van der Waals surface area contributed by atoms with Gasteiger partial charge >= 0.3 is 0 Å². The van der Waals surface area contributed by atoms with Crippen LogP contribution in [0.1, 0.15) is 10.4 Å². The van der Waals surface area contributed by atoms with Crippen molar-refractivity contribution in [2.24, 2.45) is 0 Å². The number of carbonyl (C=O) groups is 1. The van der Waals surface area contributed by atoms with Crippen molar-refractivity contribution in [2.45, 2.75) is 0 Å². The lowest BCUT2D eigenvalue weighted by molar-refractivity contribution is 0.0300. The minimum absolute atomic E-state index is 0.144. The number of amides is 1. The van der Waals surface area contributed by atoms with Gasteiger partial charge in [-0.1, -0.05) is 42.5 Å². The Morgan fingerprint density at radius 1 is 1.00 bits per heavy atom. The number of carbonyl (C=O) groups excluding carboxylic acids is 1. The van der Waals surface area contributed by atoms with E-state index in [1.54, 1.807) is 17.0 Å². The molecular formula is C17H16FNO2. The standard InChI is InChI=1S/C17H16FNO2/c18-15-8-4-7-14(13-5-2-1-3-6-13)16(15)17(20)19-9-11-21-12-10-19/h1-8H,9-12H2. The van der Waals surface area contributed by atoms with Crippen LogP contribution in [0.2, 0.25) is 0 Å². The van der Waals surface area contributed by atoms with Gasteiger partial charge in [-0.25, -0.2) is 4.39 Å². The second-order valence-corrected chi connectivity index (χ2v) is 4.93. The van der Waals surface area contributed by atoms with E-state index in [0.29, 0.717) is 31.9 Å². The maximum atomic E-state index is 14.3. The van der Waals surface area contributed by atoms with E-state index in [1.165, 1.54) is 6.07 Å². The predicted octanol–water partition coefficient (Wildman–Crippen LogP) is 2.97. The van der Waals surface area contributed by atoms with E-state index in [0.717, 1.165) is 5.56 Å². The summed E-state index contributed by atoms with van der Waals surface area (Å²) in [4.78, 5) is 14.3. The fourth-order valence-electron chi connectivity index (χ4n) is 2.52. The van der Waals surface area contributed by atoms with Gasteiger partial charge in [-0.2, -0.15) is 0 Å². The summed E-state index contributed by atoms with van der Waals surface area (Å²) in [6.07, 6.45) is 0. The van der Waals surface area contributed by atoms with Gasteiger partial charge in [-0.3, -0.25) is 4.79 Å². The van der Waals surface area contributed by atoms with Crippen LogP contribution in [-0.2, 0) is 4.74 Å².